The first-order valence-electron chi connectivity index (χ1n) is 5.21. The molecule has 1 aromatic heterocycles. The molecule has 0 aliphatic carbocycles. The van der Waals surface area contributed by atoms with E-state index in [2.05, 4.69) is 15.9 Å². The van der Waals surface area contributed by atoms with Crippen molar-refractivity contribution in [3.8, 4) is 0 Å². The van der Waals surface area contributed by atoms with E-state index in [0.717, 1.165) is 16.8 Å². The molecule has 90 valence electrons. The van der Waals surface area contributed by atoms with Gasteiger partial charge in [0.05, 0.1) is 23.2 Å². The lowest BCUT2D eigenvalue weighted by Crippen LogP contribution is -2.31. The third-order valence-electron chi connectivity index (χ3n) is 2.46. The van der Waals surface area contributed by atoms with E-state index in [1.165, 1.54) is 0 Å². The zero-order chi connectivity index (χ0) is 12.1. The van der Waals surface area contributed by atoms with Crippen molar-refractivity contribution in [2.24, 2.45) is 5.92 Å². The molecule has 1 atom stereocenters. The van der Waals surface area contributed by atoms with E-state index in [1.54, 1.807) is 13.2 Å². The summed E-state index contributed by atoms with van der Waals surface area (Å²) in [4.78, 5) is 12.8. The molecule has 1 rings (SSSR count). The Kier molecular flexibility index (Phi) is 5.02. The van der Waals surface area contributed by atoms with Crippen LogP contribution in [0.5, 0.6) is 0 Å². The maximum Gasteiger partial charge on any atom is 0.307 e. The van der Waals surface area contributed by atoms with Gasteiger partial charge in [-0.1, -0.05) is 13.8 Å². The standard InChI is InChI=1S/C11H16BrNO3/c1-3-13(6-8(2)11(14)15)7-10-9(12)4-5-16-10/h4-5,8H,3,6-7H2,1-2H3,(H,14,15). The van der Waals surface area contributed by atoms with Crippen LogP contribution in [-0.4, -0.2) is 29.1 Å². The molecule has 1 aromatic rings. The number of hydrogen-bond donors (Lipinski definition) is 1. The summed E-state index contributed by atoms with van der Waals surface area (Å²) in [5.74, 6) is -0.301. The molecule has 1 heterocycles. The summed E-state index contributed by atoms with van der Waals surface area (Å²) in [6.45, 7) is 5.67. The van der Waals surface area contributed by atoms with Crippen molar-refractivity contribution >= 4 is 21.9 Å². The summed E-state index contributed by atoms with van der Waals surface area (Å²) in [5.41, 5.74) is 0. The molecule has 4 nitrogen and oxygen atoms in total. The minimum Gasteiger partial charge on any atom is -0.481 e. The predicted octanol–water partition coefficient (Wildman–Crippen LogP) is 2.58. The largest absolute Gasteiger partial charge is 0.481 e. The van der Waals surface area contributed by atoms with Crippen molar-refractivity contribution in [2.75, 3.05) is 13.1 Å². The topological polar surface area (TPSA) is 53.7 Å². The molecule has 0 aromatic carbocycles. The lowest BCUT2D eigenvalue weighted by molar-refractivity contribution is -0.141. The molecule has 1 N–H and O–H groups in total. The number of rotatable bonds is 6. The molecule has 5 heteroatoms. The second-order valence-electron chi connectivity index (χ2n) is 3.76. The van der Waals surface area contributed by atoms with Crippen molar-refractivity contribution in [1.29, 1.82) is 0 Å². The molecule has 0 aliphatic rings. The highest BCUT2D eigenvalue weighted by molar-refractivity contribution is 9.10. The van der Waals surface area contributed by atoms with Gasteiger partial charge in [0.1, 0.15) is 5.76 Å². The van der Waals surface area contributed by atoms with Gasteiger partial charge in [0.25, 0.3) is 0 Å². The van der Waals surface area contributed by atoms with Gasteiger partial charge in [-0.15, -0.1) is 0 Å². The second-order valence-corrected chi connectivity index (χ2v) is 4.61. The van der Waals surface area contributed by atoms with Gasteiger partial charge in [0.2, 0.25) is 0 Å². The van der Waals surface area contributed by atoms with Crippen LogP contribution in [0, 0.1) is 5.92 Å². The van der Waals surface area contributed by atoms with Crippen LogP contribution in [0.2, 0.25) is 0 Å². The Morgan fingerprint density at radius 1 is 1.69 bits per heavy atom. The number of aliphatic carboxylic acids is 1. The van der Waals surface area contributed by atoms with Crippen molar-refractivity contribution in [2.45, 2.75) is 20.4 Å². The van der Waals surface area contributed by atoms with Gasteiger partial charge < -0.3 is 9.52 Å². The van der Waals surface area contributed by atoms with Gasteiger partial charge in [-0.2, -0.15) is 0 Å². The third kappa shape index (κ3) is 3.64. The monoisotopic (exact) mass is 289 g/mol. The number of carbonyl (C=O) groups is 1. The van der Waals surface area contributed by atoms with Crippen LogP contribution in [0.1, 0.15) is 19.6 Å². The molecule has 0 fully saturated rings. The lowest BCUT2D eigenvalue weighted by atomic mass is 10.1. The summed E-state index contributed by atoms with van der Waals surface area (Å²) in [5, 5.41) is 8.85. The fourth-order valence-electron chi connectivity index (χ4n) is 1.41. The number of carboxylic acids is 1. The van der Waals surface area contributed by atoms with Crippen molar-refractivity contribution in [3.05, 3.63) is 22.6 Å². The normalized spacial score (nSPS) is 13.0. The highest BCUT2D eigenvalue weighted by Crippen LogP contribution is 2.19. The first-order chi connectivity index (χ1) is 7.54. The predicted molar refractivity (Wildman–Crippen MR) is 64.2 cm³/mol. The molecule has 0 radical (unpaired) electrons. The van der Waals surface area contributed by atoms with E-state index in [9.17, 15) is 4.79 Å². The fraction of sp³-hybridized carbons (Fsp3) is 0.545. The van der Waals surface area contributed by atoms with Crippen LogP contribution in [0.4, 0.5) is 0 Å². The number of nitrogens with zero attached hydrogens (tertiary/aromatic N) is 1. The Morgan fingerprint density at radius 3 is 2.81 bits per heavy atom. The summed E-state index contributed by atoms with van der Waals surface area (Å²) in [6, 6.07) is 1.84. The van der Waals surface area contributed by atoms with E-state index in [-0.39, 0.29) is 5.92 Å². The molecular formula is C11H16BrNO3. The fourth-order valence-corrected chi connectivity index (χ4v) is 1.74. The molecule has 0 bridgehead atoms. The van der Waals surface area contributed by atoms with Crippen LogP contribution in [0.3, 0.4) is 0 Å². The van der Waals surface area contributed by atoms with Crippen molar-refractivity contribution in [1.82, 2.24) is 4.90 Å². The first-order valence-corrected chi connectivity index (χ1v) is 6.01. The first kappa shape index (κ1) is 13.3. The molecule has 0 saturated heterocycles. The van der Waals surface area contributed by atoms with Gasteiger partial charge >= 0.3 is 5.97 Å². The number of carboxylic acid groups (broad SMARTS) is 1. The molecule has 16 heavy (non-hydrogen) atoms. The van der Waals surface area contributed by atoms with E-state index < -0.39 is 5.97 Å². The Bertz CT molecular complexity index is 351. The van der Waals surface area contributed by atoms with E-state index in [4.69, 9.17) is 9.52 Å². The molecule has 1 unspecified atom stereocenters. The molecular weight excluding hydrogens is 274 g/mol. The lowest BCUT2D eigenvalue weighted by Gasteiger charge is -2.21. The quantitative estimate of drug-likeness (QED) is 0.875. The number of halogens is 1. The van der Waals surface area contributed by atoms with Gasteiger partial charge in [-0.05, 0) is 28.5 Å². The van der Waals surface area contributed by atoms with Gasteiger partial charge in [0.15, 0.2) is 0 Å². The van der Waals surface area contributed by atoms with E-state index in [1.807, 2.05) is 17.9 Å². The Balaban J connectivity index is 2.56. The Labute approximate surface area is 103 Å². The van der Waals surface area contributed by atoms with Crippen molar-refractivity contribution in [3.63, 3.8) is 0 Å². The van der Waals surface area contributed by atoms with Crippen LogP contribution in [0.15, 0.2) is 21.2 Å². The summed E-state index contributed by atoms with van der Waals surface area (Å²) < 4.78 is 6.23. The Morgan fingerprint density at radius 2 is 2.38 bits per heavy atom. The maximum atomic E-state index is 10.8. The van der Waals surface area contributed by atoms with E-state index in [0.29, 0.717) is 13.1 Å². The second kappa shape index (κ2) is 6.06. The van der Waals surface area contributed by atoms with Gasteiger partial charge in [0, 0.05) is 6.54 Å². The average molecular weight is 290 g/mol. The van der Waals surface area contributed by atoms with Crippen LogP contribution < -0.4 is 0 Å². The molecule has 0 amide bonds. The zero-order valence-electron chi connectivity index (χ0n) is 9.44. The zero-order valence-corrected chi connectivity index (χ0v) is 11.0. The Hall–Kier alpha value is -0.810. The summed E-state index contributed by atoms with van der Waals surface area (Å²) in [7, 11) is 0. The molecule has 0 aliphatic heterocycles. The average Bonchev–Trinajstić information content (AvgIpc) is 2.63. The SMILES string of the molecule is CCN(Cc1occc1Br)CC(C)C(=O)O. The third-order valence-corrected chi connectivity index (χ3v) is 3.17. The van der Waals surface area contributed by atoms with Crippen molar-refractivity contribution < 1.29 is 14.3 Å². The van der Waals surface area contributed by atoms with Crippen LogP contribution >= 0.6 is 15.9 Å². The number of furan rings is 1. The molecule has 0 saturated carbocycles. The summed E-state index contributed by atoms with van der Waals surface area (Å²) in [6.07, 6.45) is 1.62. The maximum absolute atomic E-state index is 10.8. The van der Waals surface area contributed by atoms with Gasteiger partial charge in [-0.25, -0.2) is 0 Å². The highest BCUT2D eigenvalue weighted by atomic mass is 79.9. The van der Waals surface area contributed by atoms with Crippen LogP contribution in [0.25, 0.3) is 0 Å². The van der Waals surface area contributed by atoms with Gasteiger partial charge in [-0.3, -0.25) is 9.69 Å². The van der Waals surface area contributed by atoms with Crippen LogP contribution in [-0.2, 0) is 11.3 Å². The minimum atomic E-state index is -0.767. The van der Waals surface area contributed by atoms with E-state index >= 15 is 0 Å². The summed E-state index contributed by atoms with van der Waals surface area (Å²) >= 11 is 3.38. The number of hydrogen-bond acceptors (Lipinski definition) is 3. The minimum absolute atomic E-state index is 0.367. The highest BCUT2D eigenvalue weighted by Gasteiger charge is 2.16. The molecule has 0 spiro atoms. The smallest absolute Gasteiger partial charge is 0.307 e.